The van der Waals surface area contributed by atoms with Crippen LogP contribution in [0.15, 0.2) is 6.20 Å². The second kappa shape index (κ2) is 5.81. The number of anilines is 1. The lowest BCUT2D eigenvalue weighted by molar-refractivity contribution is 0.182. The molecule has 0 unspecified atom stereocenters. The Hall–Kier alpha value is -1.73. The largest absolute Gasteiger partial charge is 0.395 e. The van der Waals surface area contributed by atoms with E-state index in [9.17, 15) is 5.11 Å². The standard InChI is InChI=1S/C15H24N6O/c1-9(2)13-18-14(12-6-16-21(4)15(12)19-13)17-10-5-11(8-22)20(3)7-10/h6,9-11,22H,5,7-8H2,1-4H3,(H,17,18,19)/t10-,11-/m1/s1. The van der Waals surface area contributed by atoms with E-state index in [4.69, 9.17) is 4.98 Å². The number of hydrogen-bond acceptors (Lipinski definition) is 6. The van der Waals surface area contributed by atoms with Crippen LogP contribution < -0.4 is 5.32 Å². The summed E-state index contributed by atoms with van der Waals surface area (Å²) in [7, 11) is 3.94. The molecular formula is C15H24N6O. The Morgan fingerprint density at radius 1 is 1.36 bits per heavy atom. The van der Waals surface area contributed by atoms with Crippen molar-refractivity contribution in [3.05, 3.63) is 12.0 Å². The molecule has 0 aliphatic carbocycles. The van der Waals surface area contributed by atoms with Gasteiger partial charge >= 0.3 is 0 Å². The zero-order chi connectivity index (χ0) is 15.9. The summed E-state index contributed by atoms with van der Waals surface area (Å²) in [5, 5.41) is 18.2. The average molecular weight is 304 g/mol. The molecule has 0 radical (unpaired) electrons. The highest BCUT2D eigenvalue weighted by atomic mass is 16.3. The van der Waals surface area contributed by atoms with Gasteiger partial charge in [-0.15, -0.1) is 0 Å². The lowest BCUT2D eigenvalue weighted by Gasteiger charge is -2.16. The van der Waals surface area contributed by atoms with Gasteiger partial charge < -0.3 is 10.4 Å². The lowest BCUT2D eigenvalue weighted by atomic mass is 10.1. The molecule has 0 amide bonds. The Balaban J connectivity index is 1.93. The predicted octanol–water partition coefficient (Wildman–Crippen LogP) is 0.964. The van der Waals surface area contributed by atoms with E-state index in [1.165, 1.54) is 0 Å². The highest BCUT2D eigenvalue weighted by Gasteiger charge is 2.29. The average Bonchev–Trinajstić information content (AvgIpc) is 3.02. The molecule has 0 bridgehead atoms. The molecule has 2 aromatic heterocycles. The third-order valence-electron chi connectivity index (χ3n) is 4.37. The summed E-state index contributed by atoms with van der Waals surface area (Å²) in [6.45, 7) is 5.27. The maximum absolute atomic E-state index is 9.40. The van der Waals surface area contributed by atoms with E-state index in [1.54, 1.807) is 4.68 Å². The molecular weight excluding hydrogens is 280 g/mol. The number of aliphatic hydroxyl groups is 1. The first-order valence-corrected chi connectivity index (χ1v) is 7.77. The minimum absolute atomic E-state index is 0.192. The molecule has 0 aromatic carbocycles. The number of aliphatic hydroxyl groups excluding tert-OH is 1. The highest BCUT2D eigenvalue weighted by molar-refractivity contribution is 5.86. The van der Waals surface area contributed by atoms with Crippen molar-refractivity contribution >= 4 is 16.9 Å². The van der Waals surface area contributed by atoms with Gasteiger partial charge in [0.25, 0.3) is 0 Å². The van der Waals surface area contributed by atoms with Gasteiger partial charge in [0, 0.05) is 31.6 Å². The van der Waals surface area contributed by atoms with Crippen LogP contribution >= 0.6 is 0 Å². The van der Waals surface area contributed by atoms with Crippen molar-refractivity contribution in [3.63, 3.8) is 0 Å². The maximum Gasteiger partial charge on any atom is 0.163 e. The molecule has 3 heterocycles. The van der Waals surface area contributed by atoms with Crippen molar-refractivity contribution in [2.75, 3.05) is 25.5 Å². The molecule has 1 saturated heterocycles. The van der Waals surface area contributed by atoms with Gasteiger partial charge in [-0.2, -0.15) is 5.10 Å². The first-order valence-electron chi connectivity index (χ1n) is 7.77. The Morgan fingerprint density at radius 2 is 2.14 bits per heavy atom. The molecule has 120 valence electrons. The molecule has 2 atom stereocenters. The zero-order valence-electron chi connectivity index (χ0n) is 13.6. The van der Waals surface area contributed by atoms with Crippen LogP contribution in [-0.2, 0) is 7.05 Å². The Kier molecular flexibility index (Phi) is 4.01. The molecule has 2 N–H and O–H groups in total. The molecule has 1 aliphatic rings. The van der Waals surface area contributed by atoms with Gasteiger partial charge in [-0.3, -0.25) is 9.58 Å². The van der Waals surface area contributed by atoms with Crippen LogP contribution in [0.1, 0.15) is 32.0 Å². The van der Waals surface area contributed by atoms with Crippen molar-refractivity contribution < 1.29 is 5.11 Å². The van der Waals surface area contributed by atoms with Crippen molar-refractivity contribution in [2.45, 2.75) is 38.3 Å². The fraction of sp³-hybridized carbons (Fsp3) is 0.667. The number of hydrogen-bond donors (Lipinski definition) is 2. The highest BCUT2D eigenvalue weighted by Crippen LogP contribution is 2.25. The van der Waals surface area contributed by atoms with E-state index in [1.807, 2.05) is 20.3 Å². The molecule has 1 fully saturated rings. The summed E-state index contributed by atoms with van der Waals surface area (Å²) in [5.41, 5.74) is 0.853. The van der Waals surface area contributed by atoms with Gasteiger partial charge in [0.2, 0.25) is 0 Å². The van der Waals surface area contributed by atoms with Crippen LogP contribution in [0.4, 0.5) is 5.82 Å². The summed E-state index contributed by atoms with van der Waals surface area (Å²) in [6, 6.07) is 0.494. The number of aryl methyl sites for hydroxylation is 1. The van der Waals surface area contributed by atoms with Crippen LogP contribution in [0.25, 0.3) is 11.0 Å². The molecule has 0 saturated carbocycles. The van der Waals surface area contributed by atoms with Gasteiger partial charge in [-0.25, -0.2) is 9.97 Å². The third-order valence-corrected chi connectivity index (χ3v) is 4.37. The number of likely N-dealkylation sites (N-methyl/N-ethyl adjacent to an activating group) is 1. The number of nitrogens with zero attached hydrogens (tertiary/aromatic N) is 5. The Labute approximate surface area is 130 Å². The number of nitrogens with one attached hydrogen (secondary N) is 1. The SMILES string of the molecule is CC(C)c1nc(N[C@@H]2C[C@H](CO)N(C)C2)c2cnn(C)c2n1. The van der Waals surface area contributed by atoms with E-state index in [0.29, 0.717) is 0 Å². The fourth-order valence-electron chi connectivity index (χ4n) is 3.00. The van der Waals surface area contributed by atoms with Gasteiger partial charge in [-0.1, -0.05) is 13.8 Å². The fourth-order valence-corrected chi connectivity index (χ4v) is 3.00. The first kappa shape index (κ1) is 15.2. The summed E-state index contributed by atoms with van der Waals surface area (Å²) >= 11 is 0. The van der Waals surface area contributed by atoms with Crippen molar-refractivity contribution in [3.8, 4) is 0 Å². The van der Waals surface area contributed by atoms with Crippen molar-refractivity contribution in [1.29, 1.82) is 0 Å². The predicted molar refractivity (Wildman–Crippen MR) is 85.9 cm³/mol. The quantitative estimate of drug-likeness (QED) is 0.876. The van der Waals surface area contributed by atoms with Crippen molar-refractivity contribution in [1.82, 2.24) is 24.6 Å². The molecule has 22 heavy (non-hydrogen) atoms. The van der Waals surface area contributed by atoms with Crippen LogP contribution in [0.2, 0.25) is 0 Å². The monoisotopic (exact) mass is 304 g/mol. The molecule has 7 heteroatoms. The maximum atomic E-state index is 9.40. The van der Waals surface area contributed by atoms with E-state index in [0.717, 1.165) is 35.6 Å². The second-order valence-electron chi connectivity index (χ2n) is 6.44. The lowest BCUT2D eigenvalue weighted by Crippen LogP contribution is -2.28. The van der Waals surface area contributed by atoms with E-state index >= 15 is 0 Å². The number of aromatic nitrogens is 4. The van der Waals surface area contributed by atoms with Crippen molar-refractivity contribution in [2.24, 2.45) is 7.05 Å². The minimum Gasteiger partial charge on any atom is -0.395 e. The third kappa shape index (κ3) is 2.66. The van der Waals surface area contributed by atoms with Gasteiger partial charge in [0.1, 0.15) is 11.6 Å². The summed E-state index contributed by atoms with van der Waals surface area (Å²) in [5.74, 6) is 1.93. The van der Waals surface area contributed by atoms with E-state index < -0.39 is 0 Å². The van der Waals surface area contributed by atoms with Crippen LogP contribution in [-0.4, -0.2) is 62.0 Å². The van der Waals surface area contributed by atoms with Gasteiger partial charge in [0.05, 0.1) is 18.2 Å². The smallest absolute Gasteiger partial charge is 0.163 e. The topological polar surface area (TPSA) is 79.1 Å². The summed E-state index contributed by atoms with van der Waals surface area (Å²) in [4.78, 5) is 11.5. The summed E-state index contributed by atoms with van der Waals surface area (Å²) < 4.78 is 1.78. The molecule has 1 aliphatic heterocycles. The van der Waals surface area contributed by atoms with E-state index in [2.05, 4.69) is 34.1 Å². The number of rotatable bonds is 4. The van der Waals surface area contributed by atoms with Crippen LogP contribution in [0.5, 0.6) is 0 Å². The van der Waals surface area contributed by atoms with Gasteiger partial charge in [0.15, 0.2) is 5.65 Å². The summed E-state index contributed by atoms with van der Waals surface area (Å²) in [6.07, 6.45) is 2.72. The normalized spacial score (nSPS) is 22.8. The van der Waals surface area contributed by atoms with Crippen LogP contribution in [0.3, 0.4) is 0 Å². The Morgan fingerprint density at radius 3 is 2.77 bits per heavy atom. The van der Waals surface area contributed by atoms with Crippen LogP contribution in [0, 0.1) is 0 Å². The zero-order valence-corrected chi connectivity index (χ0v) is 13.6. The van der Waals surface area contributed by atoms with Gasteiger partial charge in [-0.05, 0) is 13.5 Å². The molecule has 0 spiro atoms. The second-order valence-corrected chi connectivity index (χ2v) is 6.44. The molecule has 3 rings (SSSR count). The molecule has 7 nitrogen and oxygen atoms in total. The number of likely N-dealkylation sites (tertiary alicyclic amines) is 1. The first-order chi connectivity index (χ1) is 10.5. The minimum atomic E-state index is 0.192. The van der Waals surface area contributed by atoms with E-state index in [-0.39, 0.29) is 24.6 Å². The molecule has 2 aromatic rings. The number of fused-ring (bicyclic) bond motifs is 1. The Bertz CT molecular complexity index is 667.